The van der Waals surface area contributed by atoms with Gasteiger partial charge in [-0.05, 0) is 25.4 Å². The largest absolute Gasteiger partial charge is 0.377 e. The van der Waals surface area contributed by atoms with Gasteiger partial charge in [0.05, 0.1) is 18.4 Å². The Morgan fingerprint density at radius 3 is 3.08 bits per heavy atom. The number of hydrogen-bond acceptors (Lipinski definition) is 5. The van der Waals surface area contributed by atoms with Crippen molar-refractivity contribution in [1.82, 2.24) is 14.9 Å². The van der Waals surface area contributed by atoms with Gasteiger partial charge < -0.3 is 10.1 Å². The fraction of sp³-hybridized carbons (Fsp3) is 0.750. The van der Waals surface area contributed by atoms with E-state index >= 15 is 0 Å². The summed E-state index contributed by atoms with van der Waals surface area (Å²) in [6, 6.07) is 0. The zero-order valence-corrected chi connectivity index (χ0v) is 8.80. The fourth-order valence-corrected chi connectivity index (χ4v) is 1.30. The first-order valence-corrected chi connectivity index (χ1v) is 5.21. The molecule has 5 heteroatoms. The van der Waals surface area contributed by atoms with Crippen molar-refractivity contribution in [3.05, 3.63) is 11.1 Å². The molecule has 0 saturated heterocycles. The quantitative estimate of drug-likeness (QED) is 0.699. The van der Waals surface area contributed by atoms with Gasteiger partial charge in [-0.15, -0.1) is 5.10 Å². The molecule has 4 nitrogen and oxygen atoms in total. The molecular weight excluding hydrogens is 186 g/mol. The molecule has 1 heterocycles. The number of ether oxygens (including phenoxy) is 1. The summed E-state index contributed by atoms with van der Waals surface area (Å²) in [7, 11) is 0. The van der Waals surface area contributed by atoms with E-state index in [4.69, 9.17) is 4.74 Å². The van der Waals surface area contributed by atoms with Gasteiger partial charge in [-0.1, -0.05) is 4.49 Å². The zero-order valence-electron chi connectivity index (χ0n) is 7.99. The smallest absolute Gasteiger partial charge is 0.0893 e. The normalized spacial score (nSPS) is 11.0. The highest BCUT2D eigenvalue weighted by molar-refractivity contribution is 7.03. The van der Waals surface area contributed by atoms with Gasteiger partial charge in [0.2, 0.25) is 0 Å². The molecule has 0 aliphatic carbocycles. The van der Waals surface area contributed by atoms with Crippen molar-refractivity contribution < 1.29 is 4.74 Å². The summed E-state index contributed by atoms with van der Waals surface area (Å²) in [5, 5.41) is 9.08. The lowest BCUT2D eigenvalue weighted by Gasteiger charge is -2.07. The second-order valence-corrected chi connectivity index (χ2v) is 3.60. The molecule has 1 N–H and O–H groups in total. The first-order valence-electron chi connectivity index (χ1n) is 4.37. The molecule has 0 saturated carbocycles. The molecule has 0 aliphatic heterocycles. The Labute approximate surface area is 82.5 Å². The van der Waals surface area contributed by atoms with Crippen molar-refractivity contribution in [2.24, 2.45) is 0 Å². The lowest BCUT2D eigenvalue weighted by Crippen LogP contribution is -2.21. The van der Waals surface area contributed by atoms with Gasteiger partial charge in [-0.2, -0.15) is 0 Å². The summed E-state index contributed by atoms with van der Waals surface area (Å²) in [4.78, 5) is 0. The number of nitrogens with zero attached hydrogens (tertiary/aromatic N) is 2. The summed E-state index contributed by atoms with van der Waals surface area (Å²) in [5.41, 5.74) is 0.995. The van der Waals surface area contributed by atoms with Crippen molar-refractivity contribution in [2.45, 2.75) is 26.5 Å². The van der Waals surface area contributed by atoms with Gasteiger partial charge >= 0.3 is 0 Å². The van der Waals surface area contributed by atoms with Crippen LogP contribution in [0.4, 0.5) is 0 Å². The molecule has 0 radical (unpaired) electrons. The Balaban J connectivity index is 1.96. The summed E-state index contributed by atoms with van der Waals surface area (Å²) in [6.07, 6.45) is 0.308. The lowest BCUT2D eigenvalue weighted by molar-refractivity contribution is 0.0806. The monoisotopic (exact) mass is 201 g/mol. The van der Waals surface area contributed by atoms with Gasteiger partial charge in [0.1, 0.15) is 0 Å². The zero-order chi connectivity index (χ0) is 9.52. The van der Waals surface area contributed by atoms with E-state index < -0.39 is 0 Å². The van der Waals surface area contributed by atoms with Crippen LogP contribution < -0.4 is 5.32 Å². The molecule has 0 fully saturated rings. The molecule has 0 aromatic carbocycles. The maximum atomic E-state index is 5.37. The minimum atomic E-state index is 0.308. The maximum absolute atomic E-state index is 5.37. The van der Waals surface area contributed by atoms with Crippen LogP contribution in [0.1, 0.15) is 19.5 Å². The van der Waals surface area contributed by atoms with Crippen molar-refractivity contribution in [3.63, 3.8) is 0 Å². The van der Waals surface area contributed by atoms with Crippen LogP contribution in [0.5, 0.6) is 0 Å². The maximum Gasteiger partial charge on any atom is 0.0893 e. The van der Waals surface area contributed by atoms with E-state index in [1.807, 2.05) is 19.2 Å². The van der Waals surface area contributed by atoms with E-state index in [1.54, 1.807) is 0 Å². The predicted molar refractivity (Wildman–Crippen MR) is 52.7 cm³/mol. The number of rotatable bonds is 6. The molecular formula is C8H15N3OS. The van der Waals surface area contributed by atoms with Gasteiger partial charge in [0.15, 0.2) is 0 Å². The molecule has 74 valence electrons. The average molecular weight is 201 g/mol. The summed E-state index contributed by atoms with van der Waals surface area (Å²) in [6.45, 7) is 6.44. The Morgan fingerprint density at radius 1 is 1.62 bits per heavy atom. The standard InChI is InChI=1S/C8H15N3OS/c1-7(2)12-4-3-9-5-8-6-13-11-10-8/h6-7,9H,3-5H2,1-2H3. The molecule has 1 aromatic rings. The second-order valence-electron chi connectivity index (χ2n) is 2.99. The molecule has 1 aromatic heterocycles. The minimum Gasteiger partial charge on any atom is -0.377 e. The Morgan fingerprint density at radius 2 is 2.46 bits per heavy atom. The molecule has 1 rings (SSSR count). The summed E-state index contributed by atoms with van der Waals surface area (Å²) >= 11 is 1.38. The molecule has 0 atom stereocenters. The third-order valence-corrected chi connectivity index (χ3v) is 1.99. The first kappa shape index (κ1) is 10.6. The number of aromatic nitrogens is 2. The van der Waals surface area contributed by atoms with Crippen molar-refractivity contribution in [3.8, 4) is 0 Å². The van der Waals surface area contributed by atoms with E-state index in [0.29, 0.717) is 6.10 Å². The SMILES string of the molecule is CC(C)OCCNCc1csnn1. The van der Waals surface area contributed by atoms with Gasteiger partial charge in [-0.3, -0.25) is 0 Å². The first-order chi connectivity index (χ1) is 6.29. The van der Waals surface area contributed by atoms with E-state index in [2.05, 4.69) is 14.9 Å². The van der Waals surface area contributed by atoms with Crippen LogP contribution in [0, 0.1) is 0 Å². The predicted octanol–water partition coefficient (Wildman–Crippen LogP) is 1.05. The van der Waals surface area contributed by atoms with E-state index in [0.717, 1.165) is 25.4 Å². The Hall–Kier alpha value is -0.520. The van der Waals surface area contributed by atoms with Crippen LogP contribution >= 0.6 is 11.5 Å². The average Bonchev–Trinajstić information content (AvgIpc) is 2.55. The summed E-state index contributed by atoms with van der Waals surface area (Å²) < 4.78 is 9.14. The molecule has 0 bridgehead atoms. The highest BCUT2D eigenvalue weighted by Crippen LogP contribution is 1.95. The van der Waals surface area contributed by atoms with E-state index in [1.165, 1.54) is 11.5 Å². The van der Waals surface area contributed by atoms with Gasteiger partial charge in [0, 0.05) is 18.5 Å². The lowest BCUT2D eigenvalue weighted by atomic mass is 10.4. The minimum absolute atomic E-state index is 0.308. The van der Waals surface area contributed by atoms with Crippen LogP contribution in [0.25, 0.3) is 0 Å². The van der Waals surface area contributed by atoms with Crippen LogP contribution in [0.2, 0.25) is 0 Å². The van der Waals surface area contributed by atoms with Crippen molar-refractivity contribution in [2.75, 3.05) is 13.2 Å². The van der Waals surface area contributed by atoms with Crippen molar-refractivity contribution >= 4 is 11.5 Å². The number of hydrogen-bond donors (Lipinski definition) is 1. The topological polar surface area (TPSA) is 47.0 Å². The highest BCUT2D eigenvalue weighted by Gasteiger charge is 1.95. The molecule has 0 spiro atoms. The Kier molecular flexibility index (Phi) is 4.88. The van der Waals surface area contributed by atoms with Crippen LogP contribution in [0.15, 0.2) is 5.38 Å². The van der Waals surface area contributed by atoms with Gasteiger partial charge in [0.25, 0.3) is 0 Å². The van der Waals surface area contributed by atoms with Crippen LogP contribution in [-0.2, 0) is 11.3 Å². The highest BCUT2D eigenvalue weighted by atomic mass is 32.1. The second kappa shape index (κ2) is 6.01. The third-order valence-electron chi connectivity index (χ3n) is 1.44. The summed E-state index contributed by atoms with van der Waals surface area (Å²) in [5.74, 6) is 0. The molecule has 13 heavy (non-hydrogen) atoms. The van der Waals surface area contributed by atoms with Crippen LogP contribution in [0.3, 0.4) is 0 Å². The molecule has 0 aliphatic rings. The molecule has 0 amide bonds. The number of nitrogens with one attached hydrogen (secondary N) is 1. The van der Waals surface area contributed by atoms with Crippen LogP contribution in [-0.4, -0.2) is 28.8 Å². The Bertz CT molecular complexity index is 213. The fourth-order valence-electron chi connectivity index (χ4n) is 0.844. The molecule has 0 unspecified atom stereocenters. The van der Waals surface area contributed by atoms with Gasteiger partial charge in [-0.25, -0.2) is 0 Å². The third kappa shape index (κ3) is 4.92. The van der Waals surface area contributed by atoms with E-state index in [-0.39, 0.29) is 0 Å². The van der Waals surface area contributed by atoms with Crippen molar-refractivity contribution in [1.29, 1.82) is 0 Å². The van der Waals surface area contributed by atoms with E-state index in [9.17, 15) is 0 Å².